The van der Waals surface area contributed by atoms with Crippen molar-refractivity contribution < 1.29 is 0 Å². The Morgan fingerprint density at radius 2 is 0.565 bits per heavy atom. The highest BCUT2D eigenvalue weighted by molar-refractivity contribution is 6.20. The number of hydrogen-bond donors (Lipinski definition) is 0. The van der Waals surface area contributed by atoms with Crippen molar-refractivity contribution in [2.45, 2.75) is 0 Å². The molecule has 0 N–H and O–H groups in total. The first-order chi connectivity index (χ1) is 34.2. The Kier molecular flexibility index (Phi) is 9.61. The summed E-state index contributed by atoms with van der Waals surface area (Å²) in [7, 11) is 0. The van der Waals surface area contributed by atoms with Crippen LogP contribution in [0.1, 0.15) is 0 Å². The zero-order chi connectivity index (χ0) is 45.7. The van der Waals surface area contributed by atoms with Gasteiger partial charge in [-0.05, 0) is 48.5 Å². The van der Waals surface area contributed by atoms with Crippen molar-refractivity contribution in [1.29, 1.82) is 0 Å². The maximum Gasteiger partial charge on any atom is 0.238 e. The molecule has 13 rings (SSSR count). The molecule has 0 spiro atoms. The van der Waals surface area contributed by atoms with Gasteiger partial charge in [0.25, 0.3) is 0 Å². The van der Waals surface area contributed by atoms with Crippen molar-refractivity contribution in [2.24, 2.45) is 0 Å². The maximum atomic E-state index is 5.23. The number of para-hydroxylation sites is 3. The Labute approximate surface area is 397 Å². The van der Waals surface area contributed by atoms with Crippen LogP contribution < -0.4 is 4.90 Å². The van der Waals surface area contributed by atoms with E-state index in [1.54, 1.807) is 0 Å². The summed E-state index contributed by atoms with van der Waals surface area (Å²) in [6, 6.07) is 81.1. The first-order valence-electron chi connectivity index (χ1n) is 22.9. The molecule has 4 heterocycles. The molecule has 0 amide bonds. The standard InChI is InChI=1S/C60H39N9/c1-6-22-40(23-7-1)55-61-56(41-24-8-2-9-25-41)64-59(63-55)68-47-34-18-16-32-45(47)53-49(36-20-38-51(53)68)67(44-30-14-5-15-31-44)50-37-21-39-52-54(50)46-33-17-19-35-48(46)69(52)60-65-57(42-26-10-3-11-27-42)62-58(66-60)43-28-12-4-13-29-43/h1-39H. The van der Waals surface area contributed by atoms with Crippen LogP contribution in [0.5, 0.6) is 0 Å². The Morgan fingerprint density at radius 1 is 0.261 bits per heavy atom. The molecule has 0 saturated carbocycles. The first kappa shape index (κ1) is 39.7. The molecule has 0 unspecified atom stereocenters. The summed E-state index contributed by atoms with van der Waals surface area (Å²) in [5.74, 6) is 3.45. The fourth-order valence-corrected chi connectivity index (χ4v) is 9.58. The number of nitrogens with zero attached hydrogens (tertiary/aromatic N) is 9. The molecule has 0 radical (unpaired) electrons. The van der Waals surface area contributed by atoms with Crippen LogP contribution in [0, 0.1) is 0 Å². The largest absolute Gasteiger partial charge is 0.309 e. The van der Waals surface area contributed by atoms with E-state index in [1.165, 1.54) is 0 Å². The van der Waals surface area contributed by atoms with Crippen LogP contribution in [0.3, 0.4) is 0 Å². The van der Waals surface area contributed by atoms with Gasteiger partial charge in [-0.25, -0.2) is 9.97 Å². The van der Waals surface area contributed by atoms with Gasteiger partial charge in [0.15, 0.2) is 23.3 Å². The van der Waals surface area contributed by atoms with Gasteiger partial charge >= 0.3 is 0 Å². The van der Waals surface area contributed by atoms with Gasteiger partial charge in [0.2, 0.25) is 11.9 Å². The molecule has 0 aliphatic carbocycles. The molecule has 324 valence electrons. The van der Waals surface area contributed by atoms with E-state index in [1.807, 2.05) is 121 Å². The van der Waals surface area contributed by atoms with E-state index >= 15 is 0 Å². The SMILES string of the molecule is c1ccc(-c2nc(-c3ccccc3)nc(-n3c4ccccc4c4c(N(c5ccccc5)c5cccc6c5c5ccccc5n6-c5nc(-c6ccccc6)nc(-c6ccccc6)n5)cccc43)n2)cc1. The molecule has 0 saturated heterocycles. The number of fused-ring (bicyclic) bond motifs is 6. The second-order valence-corrected chi connectivity index (χ2v) is 16.7. The highest BCUT2D eigenvalue weighted by atomic mass is 15.2. The molecular weight excluding hydrogens is 847 g/mol. The number of benzene rings is 9. The van der Waals surface area contributed by atoms with Crippen LogP contribution in [0.25, 0.3) is 101 Å². The molecule has 0 atom stereocenters. The second kappa shape index (κ2) is 16.7. The van der Waals surface area contributed by atoms with Gasteiger partial charge < -0.3 is 4.90 Å². The number of aromatic nitrogens is 8. The molecule has 0 bridgehead atoms. The molecule has 9 heteroatoms. The number of anilines is 3. The Morgan fingerprint density at radius 3 is 0.928 bits per heavy atom. The normalized spacial score (nSPS) is 11.5. The third kappa shape index (κ3) is 6.87. The average Bonchev–Trinajstić information content (AvgIpc) is 3.96. The number of rotatable bonds is 9. The monoisotopic (exact) mass is 885 g/mol. The van der Waals surface area contributed by atoms with Crippen molar-refractivity contribution in [3.8, 4) is 57.4 Å². The molecular formula is C60H39N9. The summed E-state index contributed by atoms with van der Waals surface area (Å²) in [6.07, 6.45) is 0. The summed E-state index contributed by atoms with van der Waals surface area (Å²) in [6.45, 7) is 0. The van der Waals surface area contributed by atoms with Crippen LogP contribution in [-0.2, 0) is 0 Å². The van der Waals surface area contributed by atoms with Crippen molar-refractivity contribution >= 4 is 60.7 Å². The molecule has 9 aromatic carbocycles. The first-order valence-corrected chi connectivity index (χ1v) is 22.9. The van der Waals surface area contributed by atoms with E-state index in [9.17, 15) is 0 Å². The molecule has 4 aromatic heterocycles. The molecule has 69 heavy (non-hydrogen) atoms. The minimum absolute atomic E-state index is 0.532. The predicted molar refractivity (Wildman–Crippen MR) is 278 cm³/mol. The van der Waals surface area contributed by atoms with Gasteiger partial charge in [-0.15, -0.1) is 0 Å². The number of hydrogen-bond acceptors (Lipinski definition) is 7. The highest BCUT2D eigenvalue weighted by Gasteiger charge is 2.26. The molecule has 0 aliphatic heterocycles. The predicted octanol–water partition coefficient (Wildman–Crippen LogP) is 14.4. The summed E-state index contributed by atoms with van der Waals surface area (Å²) >= 11 is 0. The van der Waals surface area contributed by atoms with Crippen molar-refractivity contribution in [2.75, 3.05) is 4.90 Å². The van der Waals surface area contributed by atoms with Gasteiger partial charge in [-0.1, -0.05) is 188 Å². The third-order valence-corrected chi connectivity index (χ3v) is 12.6. The van der Waals surface area contributed by atoms with Crippen LogP contribution in [0.2, 0.25) is 0 Å². The third-order valence-electron chi connectivity index (χ3n) is 12.6. The van der Waals surface area contributed by atoms with Crippen molar-refractivity contribution in [3.63, 3.8) is 0 Å². The Hall–Kier alpha value is -9.60. The second-order valence-electron chi connectivity index (χ2n) is 16.7. The maximum absolute atomic E-state index is 5.23. The van der Waals surface area contributed by atoms with E-state index < -0.39 is 0 Å². The molecule has 0 aliphatic rings. The van der Waals surface area contributed by atoms with E-state index in [-0.39, 0.29) is 0 Å². The van der Waals surface area contributed by atoms with E-state index in [0.29, 0.717) is 35.2 Å². The minimum atomic E-state index is 0.532. The average molecular weight is 886 g/mol. The van der Waals surface area contributed by atoms with Crippen LogP contribution in [-0.4, -0.2) is 39.0 Å². The highest BCUT2D eigenvalue weighted by Crippen LogP contribution is 2.47. The Balaban J connectivity index is 1.07. The van der Waals surface area contributed by atoms with Gasteiger partial charge in [0, 0.05) is 49.5 Å². The van der Waals surface area contributed by atoms with Crippen LogP contribution in [0.15, 0.2) is 237 Å². The lowest BCUT2D eigenvalue weighted by molar-refractivity contribution is 0.953. The van der Waals surface area contributed by atoms with E-state index in [2.05, 4.69) is 129 Å². The molecule has 9 nitrogen and oxygen atoms in total. The van der Waals surface area contributed by atoms with Gasteiger partial charge in [-0.2, -0.15) is 19.9 Å². The molecule has 0 fully saturated rings. The van der Waals surface area contributed by atoms with Crippen LogP contribution >= 0.6 is 0 Å². The fourth-order valence-electron chi connectivity index (χ4n) is 9.58. The topological polar surface area (TPSA) is 90.4 Å². The zero-order valence-electron chi connectivity index (χ0n) is 37.0. The zero-order valence-corrected chi connectivity index (χ0v) is 37.0. The smallest absolute Gasteiger partial charge is 0.238 e. The summed E-state index contributed by atoms with van der Waals surface area (Å²) in [5.41, 5.74) is 10.5. The van der Waals surface area contributed by atoms with Gasteiger partial charge in [0.1, 0.15) is 0 Å². The summed E-state index contributed by atoms with van der Waals surface area (Å²) in [5, 5.41) is 4.23. The van der Waals surface area contributed by atoms with Gasteiger partial charge in [0.05, 0.1) is 33.4 Å². The lowest BCUT2D eigenvalue weighted by Crippen LogP contribution is -2.11. The lowest BCUT2D eigenvalue weighted by Gasteiger charge is -2.27. The van der Waals surface area contributed by atoms with E-state index in [0.717, 1.165) is 82.9 Å². The minimum Gasteiger partial charge on any atom is -0.309 e. The quantitative estimate of drug-likeness (QED) is 0.143. The van der Waals surface area contributed by atoms with Crippen LogP contribution in [0.4, 0.5) is 17.1 Å². The van der Waals surface area contributed by atoms with Crippen molar-refractivity contribution in [1.82, 2.24) is 39.0 Å². The van der Waals surface area contributed by atoms with Crippen molar-refractivity contribution in [3.05, 3.63) is 237 Å². The fraction of sp³-hybridized carbons (Fsp3) is 0. The summed E-state index contributed by atoms with van der Waals surface area (Å²) < 4.78 is 4.36. The Bertz CT molecular complexity index is 3650. The lowest BCUT2D eigenvalue weighted by atomic mass is 10.1. The summed E-state index contributed by atoms with van der Waals surface area (Å²) in [4.78, 5) is 33.4. The van der Waals surface area contributed by atoms with E-state index in [4.69, 9.17) is 29.9 Å². The van der Waals surface area contributed by atoms with Gasteiger partial charge in [-0.3, -0.25) is 9.13 Å². The molecule has 13 aromatic rings.